The van der Waals surface area contributed by atoms with Crippen LogP contribution in [0.1, 0.15) is 25.5 Å². The highest BCUT2D eigenvalue weighted by molar-refractivity contribution is 7.89. The molecule has 0 aliphatic heterocycles. The van der Waals surface area contributed by atoms with Gasteiger partial charge in [0.2, 0.25) is 15.9 Å². The molecule has 25 heavy (non-hydrogen) atoms. The fraction of sp³-hybridized carbons (Fsp3) is 0.235. The van der Waals surface area contributed by atoms with Gasteiger partial charge in [-0.05, 0) is 30.7 Å². The first-order valence-corrected chi connectivity index (χ1v) is 9.33. The third-order valence-corrected chi connectivity index (χ3v) is 5.38. The molecule has 1 amide bonds. The first-order chi connectivity index (χ1) is 11.7. The van der Waals surface area contributed by atoms with Crippen molar-refractivity contribution in [2.24, 2.45) is 0 Å². The number of nitrogens with one attached hydrogen (secondary N) is 2. The molecule has 6 nitrogen and oxygen atoms in total. The van der Waals surface area contributed by atoms with Crippen LogP contribution in [0.5, 0.6) is 5.75 Å². The van der Waals surface area contributed by atoms with Crippen LogP contribution in [0.15, 0.2) is 47.4 Å². The Morgan fingerprint density at radius 1 is 1.20 bits per heavy atom. The molecule has 0 bridgehead atoms. The van der Waals surface area contributed by atoms with Gasteiger partial charge in [0, 0.05) is 24.1 Å². The second-order valence-electron chi connectivity index (χ2n) is 5.41. The summed E-state index contributed by atoms with van der Waals surface area (Å²) in [7, 11) is -2.40. The summed E-state index contributed by atoms with van der Waals surface area (Å²) in [4.78, 5) is 11.2. The number of benzene rings is 2. The number of anilines is 1. The maximum Gasteiger partial charge on any atom is 0.241 e. The molecule has 2 aromatic rings. The molecule has 0 spiro atoms. The summed E-state index contributed by atoms with van der Waals surface area (Å²) in [5.74, 6) is -0.0251. The Kier molecular flexibility index (Phi) is 6.05. The molecule has 0 aromatic heterocycles. The molecule has 0 aliphatic carbocycles. The normalized spacial score (nSPS) is 12.5. The molecule has 2 rings (SSSR count). The zero-order chi connectivity index (χ0) is 18.6. The van der Waals surface area contributed by atoms with Crippen molar-refractivity contribution in [1.82, 2.24) is 4.72 Å². The van der Waals surface area contributed by atoms with Crippen LogP contribution >= 0.6 is 11.6 Å². The van der Waals surface area contributed by atoms with E-state index in [0.717, 1.165) is 0 Å². The molecule has 0 saturated carbocycles. The Morgan fingerprint density at radius 3 is 2.48 bits per heavy atom. The smallest absolute Gasteiger partial charge is 0.241 e. The van der Waals surface area contributed by atoms with E-state index in [9.17, 15) is 13.2 Å². The van der Waals surface area contributed by atoms with Gasteiger partial charge >= 0.3 is 0 Å². The van der Waals surface area contributed by atoms with Gasteiger partial charge in [0.15, 0.2) is 0 Å². The van der Waals surface area contributed by atoms with Crippen molar-refractivity contribution in [1.29, 1.82) is 0 Å². The summed E-state index contributed by atoms with van der Waals surface area (Å²) in [6, 6.07) is 10.7. The summed E-state index contributed by atoms with van der Waals surface area (Å²) >= 11 is 6.12. The first-order valence-electron chi connectivity index (χ1n) is 7.47. The quantitative estimate of drug-likeness (QED) is 0.802. The molecule has 2 N–H and O–H groups in total. The predicted molar refractivity (Wildman–Crippen MR) is 97.5 cm³/mol. The number of methoxy groups -OCH3 is 1. The van der Waals surface area contributed by atoms with Gasteiger partial charge in [-0.15, -0.1) is 0 Å². The van der Waals surface area contributed by atoms with Gasteiger partial charge in [-0.2, -0.15) is 0 Å². The molecule has 0 aliphatic rings. The molecule has 0 radical (unpaired) electrons. The summed E-state index contributed by atoms with van der Waals surface area (Å²) in [6.07, 6.45) is 0. The maximum absolute atomic E-state index is 12.6. The fourth-order valence-electron chi connectivity index (χ4n) is 2.32. The Bertz CT molecular complexity index is 884. The lowest BCUT2D eigenvalue weighted by Gasteiger charge is -2.17. The average Bonchev–Trinajstić information content (AvgIpc) is 2.54. The van der Waals surface area contributed by atoms with Crippen molar-refractivity contribution in [2.75, 3.05) is 12.4 Å². The number of halogens is 1. The maximum atomic E-state index is 12.6. The largest absolute Gasteiger partial charge is 0.495 e. The summed E-state index contributed by atoms with van der Waals surface area (Å²) < 4.78 is 33.0. The van der Waals surface area contributed by atoms with Gasteiger partial charge in [0.05, 0.1) is 17.7 Å². The monoisotopic (exact) mass is 382 g/mol. The van der Waals surface area contributed by atoms with Crippen LogP contribution < -0.4 is 14.8 Å². The minimum absolute atomic E-state index is 0.0253. The Balaban J connectivity index is 2.30. The van der Waals surface area contributed by atoms with Gasteiger partial charge in [-0.25, -0.2) is 13.1 Å². The lowest BCUT2D eigenvalue weighted by molar-refractivity contribution is -0.114. The van der Waals surface area contributed by atoms with Crippen LogP contribution in [-0.2, 0) is 14.8 Å². The highest BCUT2D eigenvalue weighted by atomic mass is 35.5. The third-order valence-electron chi connectivity index (χ3n) is 3.50. The van der Waals surface area contributed by atoms with Crippen LogP contribution in [0.2, 0.25) is 5.02 Å². The van der Waals surface area contributed by atoms with Crippen LogP contribution in [0, 0.1) is 0 Å². The zero-order valence-corrected chi connectivity index (χ0v) is 15.6. The van der Waals surface area contributed by atoms with E-state index in [0.29, 0.717) is 16.3 Å². The number of hydrogen-bond acceptors (Lipinski definition) is 4. The highest BCUT2D eigenvalue weighted by Gasteiger charge is 2.21. The van der Waals surface area contributed by atoms with Crippen LogP contribution in [0.4, 0.5) is 5.69 Å². The fourth-order valence-corrected chi connectivity index (χ4v) is 3.86. The molecule has 2 aromatic carbocycles. The van der Waals surface area contributed by atoms with E-state index in [1.165, 1.54) is 32.2 Å². The highest BCUT2D eigenvalue weighted by Crippen LogP contribution is 2.29. The molecule has 8 heteroatoms. The Morgan fingerprint density at radius 2 is 1.88 bits per heavy atom. The van der Waals surface area contributed by atoms with Crippen molar-refractivity contribution in [3.63, 3.8) is 0 Å². The van der Waals surface area contributed by atoms with Crippen molar-refractivity contribution >= 4 is 33.2 Å². The van der Waals surface area contributed by atoms with Gasteiger partial charge in [0.1, 0.15) is 5.75 Å². The van der Waals surface area contributed by atoms with Crippen LogP contribution in [-0.4, -0.2) is 21.4 Å². The lowest BCUT2D eigenvalue weighted by Crippen LogP contribution is -2.27. The average molecular weight is 383 g/mol. The van der Waals surface area contributed by atoms with E-state index in [2.05, 4.69) is 10.0 Å². The molecule has 1 atom stereocenters. The number of sulfonamides is 1. The van der Waals surface area contributed by atoms with Crippen LogP contribution in [0.3, 0.4) is 0 Å². The molecule has 0 unspecified atom stereocenters. The predicted octanol–water partition coefficient (Wildman–Crippen LogP) is 3.35. The number of carbonyl (C=O) groups excluding carboxylic acids is 1. The zero-order valence-electron chi connectivity index (χ0n) is 14.0. The minimum atomic E-state index is -3.80. The summed E-state index contributed by atoms with van der Waals surface area (Å²) in [5.41, 5.74) is 1.07. The van der Waals surface area contributed by atoms with Gasteiger partial charge < -0.3 is 10.1 Å². The molecule has 0 saturated heterocycles. The number of amides is 1. The van der Waals surface area contributed by atoms with E-state index in [-0.39, 0.29) is 16.6 Å². The first kappa shape index (κ1) is 19.2. The standard InChI is InChI=1S/C17H19ClN2O4S/c1-11(14-6-4-5-7-15(14)18)20-25(22,23)13-8-9-16(19-12(2)21)17(10-13)24-3/h4-11,20H,1-3H3,(H,19,21)/t11-/m0/s1. The molecule has 134 valence electrons. The SMILES string of the molecule is COc1cc(S(=O)(=O)N[C@@H](C)c2ccccc2Cl)ccc1NC(C)=O. The second-order valence-corrected chi connectivity index (χ2v) is 7.53. The van der Waals surface area contributed by atoms with E-state index in [1.807, 2.05) is 0 Å². The number of rotatable bonds is 6. The van der Waals surface area contributed by atoms with Crippen molar-refractivity contribution in [2.45, 2.75) is 24.8 Å². The van der Waals surface area contributed by atoms with E-state index >= 15 is 0 Å². The number of carbonyl (C=O) groups is 1. The lowest BCUT2D eigenvalue weighted by atomic mass is 10.1. The third kappa shape index (κ3) is 4.72. The van der Waals surface area contributed by atoms with Crippen molar-refractivity contribution in [3.8, 4) is 5.75 Å². The van der Waals surface area contributed by atoms with Crippen molar-refractivity contribution in [3.05, 3.63) is 53.1 Å². The minimum Gasteiger partial charge on any atom is -0.495 e. The van der Waals surface area contributed by atoms with Gasteiger partial charge in [0.25, 0.3) is 0 Å². The molecular weight excluding hydrogens is 364 g/mol. The van der Waals surface area contributed by atoms with E-state index in [4.69, 9.17) is 16.3 Å². The topological polar surface area (TPSA) is 84.5 Å². The Hall–Kier alpha value is -2.09. The summed E-state index contributed by atoms with van der Waals surface area (Å²) in [6.45, 7) is 3.07. The number of hydrogen-bond donors (Lipinski definition) is 2. The van der Waals surface area contributed by atoms with Crippen molar-refractivity contribution < 1.29 is 17.9 Å². The number of ether oxygens (including phenoxy) is 1. The molecule has 0 fully saturated rings. The van der Waals surface area contributed by atoms with E-state index < -0.39 is 16.1 Å². The summed E-state index contributed by atoms with van der Waals surface area (Å²) in [5, 5.41) is 3.06. The molecular formula is C17H19ClN2O4S. The molecule has 0 heterocycles. The second kappa shape index (κ2) is 7.86. The van der Waals surface area contributed by atoms with E-state index in [1.54, 1.807) is 31.2 Å². The van der Waals surface area contributed by atoms with Crippen LogP contribution in [0.25, 0.3) is 0 Å². The van der Waals surface area contributed by atoms with Gasteiger partial charge in [-0.1, -0.05) is 29.8 Å². The van der Waals surface area contributed by atoms with Gasteiger partial charge in [-0.3, -0.25) is 4.79 Å². The Labute approximate surface area is 152 Å².